The topological polar surface area (TPSA) is 29.5 Å². The van der Waals surface area contributed by atoms with Crippen molar-refractivity contribution in [2.24, 2.45) is 0 Å². The van der Waals surface area contributed by atoms with Gasteiger partial charge >= 0.3 is 0 Å². The molecule has 1 aliphatic heterocycles. The summed E-state index contributed by atoms with van der Waals surface area (Å²) >= 11 is 0. The molecule has 5 heteroatoms. The van der Waals surface area contributed by atoms with Crippen LogP contribution >= 0.6 is 0 Å². The zero-order chi connectivity index (χ0) is 15.4. The van der Waals surface area contributed by atoms with Crippen LogP contribution in [0.5, 0.6) is 0 Å². The number of benzene rings is 1. The van der Waals surface area contributed by atoms with Crippen molar-refractivity contribution < 1.29 is 18.3 Å². The number of ether oxygens (including phenoxy) is 1. The first-order chi connectivity index (χ1) is 10.0. The van der Waals surface area contributed by atoms with Gasteiger partial charge in [0.25, 0.3) is 0 Å². The van der Waals surface area contributed by atoms with Crippen LogP contribution in [0.1, 0.15) is 37.0 Å². The highest BCUT2D eigenvalue weighted by atomic mass is 19.2. The number of Topliss-reactive ketones (excluding diaryl/α,β-unsaturated/α-hetero) is 1. The fraction of sp³-hybridized carbons (Fsp3) is 0.562. The molecule has 0 amide bonds. The second-order valence-corrected chi connectivity index (χ2v) is 5.38. The fourth-order valence-electron chi connectivity index (χ4n) is 2.75. The smallest absolute Gasteiger partial charge is 0.179 e. The highest BCUT2D eigenvalue weighted by molar-refractivity contribution is 5.99. The molecule has 21 heavy (non-hydrogen) atoms. The molecule has 1 saturated heterocycles. The Bertz CT molecular complexity index is 505. The van der Waals surface area contributed by atoms with Gasteiger partial charge in [0, 0.05) is 18.7 Å². The SMILES string of the molecule is CCOC1CCCN(C(C)C(=O)c2ccc(F)c(F)c2)C1. The van der Waals surface area contributed by atoms with Crippen molar-refractivity contribution in [1.82, 2.24) is 4.90 Å². The van der Waals surface area contributed by atoms with Crippen LogP contribution in [0.2, 0.25) is 0 Å². The first-order valence-electron chi connectivity index (χ1n) is 7.37. The molecular formula is C16H21F2NO2. The van der Waals surface area contributed by atoms with Crippen molar-refractivity contribution in [2.75, 3.05) is 19.7 Å². The lowest BCUT2D eigenvalue weighted by Gasteiger charge is -2.35. The fourth-order valence-corrected chi connectivity index (χ4v) is 2.75. The standard InChI is InChI=1S/C16H21F2NO2/c1-3-21-13-5-4-8-19(10-13)11(2)16(20)12-6-7-14(17)15(18)9-12/h6-7,9,11,13H,3-5,8,10H2,1-2H3. The summed E-state index contributed by atoms with van der Waals surface area (Å²) in [5.74, 6) is -2.11. The summed E-state index contributed by atoms with van der Waals surface area (Å²) in [4.78, 5) is 14.4. The molecule has 1 heterocycles. The Morgan fingerprint density at radius 3 is 2.86 bits per heavy atom. The van der Waals surface area contributed by atoms with Gasteiger partial charge in [-0.15, -0.1) is 0 Å². The number of halogens is 2. The van der Waals surface area contributed by atoms with Gasteiger partial charge in [-0.3, -0.25) is 9.69 Å². The molecule has 0 spiro atoms. The Kier molecular flexibility index (Phi) is 5.42. The Morgan fingerprint density at radius 1 is 1.43 bits per heavy atom. The summed E-state index contributed by atoms with van der Waals surface area (Å²) < 4.78 is 31.8. The van der Waals surface area contributed by atoms with Crippen LogP contribution in [-0.2, 0) is 4.74 Å². The number of rotatable bonds is 5. The van der Waals surface area contributed by atoms with Gasteiger partial charge in [0.05, 0.1) is 12.1 Å². The van der Waals surface area contributed by atoms with Crippen molar-refractivity contribution in [1.29, 1.82) is 0 Å². The molecule has 1 fully saturated rings. The van der Waals surface area contributed by atoms with Crippen molar-refractivity contribution >= 4 is 5.78 Å². The number of nitrogens with zero attached hydrogens (tertiary/aromatic N) is 1. The van der Waals surface area contributed by atoms with E-state index in [1.165, 1.54) is 6.07 Å². The molecule has 0 bridgehead atoms. The first kappa shape index (κ1) is 16.0. The van der Waals surface area contributed by atoms with E-state index >= 15 is 0 Å². The van der Waals surface area contributed by atoms with Crippen molar-refractivity contribution in [3.63, 3.8) is 0 Å². The van der Waals surface area contributed by atoms with E-state index in [0.717, 1.165) is 31.5 Å². The number of carbonyl (C=O) groups is 1. The van der Waals surface area contributed by atoms with E-state index in [1.807, 2.05) is 11.8 Å². The van der Waals surface area contributed by atoms with E-state index in [-0.39, 0.29) is 23.5 Å². The maximum absolute atomic E-state index is 13.2. The lowest BCUT2D eigenvalue weighted by Crippen LogP contribution is -2.47. The van der Waals surface area contributed by atoms with Gasteiger partial charge in [-0.2, -0.15) is 0 Å². The number of carbonyl (C=O) groups excluding carboxylic acids is 1. The monoisotopic (exact) mass is 297 g/mol. The molecule has 0 aromatic heterocycles. The van der Waals surface area contributed by atoms with Crippen LogP contribution in [0.3, 0.4) is 0 Å². The van der Waals surface area contributed by atoms with Crippen LogP contribution in [0.25, 0.3) is 0 Å². The maximum Gasteiger partial charge on any atom is 0.179 e. The third-order valence-electron chi connectivity index (χ3n) is 3.94. The minimum atomic E-state index is -0.987. The summed E-state index contributed by atoms with van der Waals surface area (Å²) in [6, 6.07) is 2.94. The van der Waals surface area contributed by atoms with Crippen molar-refractivity contribution in [3.05, 3.63) is 35.4 Å². The molecule has 0 N–H and O–H groups in total. The van der Waals surface area contributed by atoms with Gasteiger partial charge in [0.15, 0.2) is 17.4 Å². The second kappa shape index (κ2) is 7.09. The van der Waals surface area contributed by atoms with Gasteiger partial charge in [-0.1, -0.05) is 0 Å². The first-order valence-corrected chi connectivity index (χ1v) is 7.37. The Balaban J connectivity index is 2.05. The molecule has 1 aromatic carbocycles. The van der Waals surface area contributed by atoms with E-state index < -0.39 is 11.6 Å². The predicted molar refractivity (Wildman–Crippen MR) is 76.4 cm³/mol. The predicted octanol–water partition coefficient (Wildman–Crippen LogP) is 3.04. The Labute approximate surface area is 123 Å². The number of hydrogen-bond donors (Lipinski definition) is 0. The van der Waals surface area contributed by atoms with Gasteiger partial charge < -0.3 is 4.74 Å². The van der Waals surface area contributed by atoms with Gasteiger partial charge in [0.2, 0.25) is 0 Å². The van der Waals surface area contributed by atoms with E-state index in [9.17, 15) is 13.6 Å². The maximum atomic E-state index is 13.2. The van der Waals surface area contributed by atoms with Gasteiger partial charge in [-0.05, 0) is 51.4 Å². The molecule has 2 rings (SSSR count). The molecule has 0 radical (unpaired) electrons. The van der Waals surface area contributed by atoms with Crippen LogP contribution < -0.4 is 0 Å². The lowest BCUT2D eigenvalue weighted by molar-refractivity contribution is -0.00291. The third kappa shape index (κ3) is 3.86. The molecule has 1 aliphatic rings. The molecule has 0 saturated carbocycles. The van der Waals surface area contributed by atoms with Crippen LogP contribution in [-0.4, -0.2) is 42.5 Å². The lowest BCUT2D eigenvalue weighted by atomic mass is 10.0. The quantitative estimate of drug-likeness (QED) is 0.782. The Hall–Kier alpha value is -1.33. The summed E-state index contributed by atoms with van der Waals surface area (Å²) in [5, 5.41) is 0. The number of likely N-dealkylation sites (tertiary alicyclic amines) is 1. The zero-order valence-corrected chi connectivity index (χ0v) is 12.4. The highest BCUT2D eigenvalue weighted by Gasteiger charge is 2.28. The third-order valence-corrected chi connectivity index (χ3v) is 3.94. The van der Waals surface area contributed by atoms with Crippen LogP contribution in [0.15, 0.2) is 18.2 Å². The largest absolute Gasteiger partial charge is 0.377 e. The van der Waals surface area contributed by atoms with Crippen LogP contribution in [0.4, 0.5) is 8.78 Å². The number of hydrogen-bond acceptors (Lipinski definition) is 3. The number of piperidine rings is 1. The van der Waals surface area contributed by atoms with Gasteiger partial charge in [0.1, 0.15) is 0 Å². The zero-order valence-electron chi connectivity index (χ0n) is 12.4. The van der Waals surface area contributed by atoms with E-state index in [2.05, 4.69) is 0 Å². The summed E-state index contributed by atoms with van der Waals surface area (Å²) in [6.07, 6.45) is 2.11. The van der Waals surface area contributed by atoms with Gasteiger partial charge in [-0.25, -0.2) is 8.78 Å². The van der Waals surface area contributed by atoms with E-state index in [1.54, 1.807) is 6.92 Å². The number of ketones is 1. The molecule has 0 aliphatic carbocycles. The summed E-state index contributed by atoms with van der Waals surface area (Å²) in [5.41, 5.74) is 0.208. The summed E-state index contributed by atoms with van der Waals surface area (Å²) in [7, 11) is 0. The minimum Gasteiger partial charge on any atom is -0.377 e. The molecule has 3 nitrogen and oxygen atoms in total. The minimum absolute atomic E-state index is 0.143. The van der Waals surface area contributed by atoms with Crippen molar-refractivity contribution in [3.8, 4) is 0 Å². The second-order valence-electron chi connectivity index (χ2n) is 5.38. The van der Waals surface area contributed by atoms with Crippen LogP contribution in [0, 0.1) is 11.6 Å². The average Bonchev–Trinajstić information content (AvgIpc) is 2.49. The van der Waals surface area contributed by atoms with E-state index in [4.69, 9.17) is 4.74 Å². The Morgan fingerprint density at radius 2 is 2.19 bits per heavy atom. The normalized spacial score (nSPS) is 21.2. The molecular weight excluding hydrogens is 276 g/mol. The highest BCUT2D eigenvalue weighted by Crippen LogP contribution is 2.19. The molecule has 1 aromatic rings. The summed E-state index contributed by atoms with van der Waals surface area (Å²) in [6.45, 7) is 5.93. The molecule has 116 valence electrons. The molecule has 2 atom stereocenters. The van der Waals surface area contributed by atoms with E-state index in [0.29, 0.717) is 13.2 Å². The average molecular weight is 297 g/mol. The van der Waals surface area contributed by atoms with Crippen molar-refractivity contribution in [2.45, 2.75) is 38.8 Å². The molecule has 2 unspecified atom stereocenters.